The van der Waals surface area contributed by atoms with Crippen LogP contribution in [0.5, 0.6) is 11.5 Å². The lowest BCUT2D eigenvalue weighted by Crippen LogP contribution is -2.39. The van der Waals surface area contributed by atoms with Gasteiger partial charge in [-0.1, -0.05) is 24.8 Å². The number of hydrazone groups is 1. The van der Waals surface area contributed by atoms with Crippen molar-refractivity contribution in [3.05, 3.63) is 66.5 Å². The molecule has 0 spiro atoms. The van der Waals surface area contributed by atoms with Crippen LogP contribution in [-0.2, 0) is 14.8 Å². The fourth-order valence-corrected chi connectivity index (χ4v) is 3.27. The quantitative estimate of drug-likeness (QED) is 0.351. The Morgan fingerprint density at radius 3 is 2.63 bits per heavy atom. The summed E-state index contributed by atoms with van der Waals surface area (Å²) in [6, 6.07) is 10.3. The molecule has 0 radical (unpaired) electrons. The molecule has 0 aliphatic carbocycles. The number of amides is 1. The van der Waals surface area contributed by atoms with Gasteiger partial charge < -0.3 is 9.47 Å². The molecule has 0 bridgehead atoms. The van der Waals surface area contributed by atoms with Crippen LogP contribution in [0.4, 0.5) is 10.1 Å². The van der Waals surface area contributed by atoms with Gasteiger partial charge in [-0.05, 0) is 35.9 Å². The predicted octanol–water partition coefficient (Wildman–Crippen LogP) is 2.32. The molecule has 10 heteroatoms. The van der Waals surface area contributed by atoms with E-state index in [0.717, 1.165) is 12.3 Å². The molecule has 0 unspecified atom stereocenters. The number of hydrogen-bond donors (Lipinski definition) is 1. The molecule has 0 atom stereocenters. The number of para-hydroxylation sites is 1. The van der Waals surface area contributed by atoms with Crippen molar-refractivity contribution in [2.45, 2.75) is 0 Å². The van der Waals surface area contributed by atoms with E-state index in [4.69, 9.17) is 9.47 Å². The summed E-state index contributed by atoms with van der Waals surface area (Å²) in [4.78, 5) is 12.2. The van der Waals surface area contributed by atoms with Gasteiger partial charge in [0, 0.05) is 0 Å². The predicted molar refractivity (Wildman–Crippen MR) is 113 cm³/mol. The SMILES string of the molecule is C=CCOc1ccc(/C=N\NC(=O)CN(c2ccccc2F)S(C)(=O)=O)cc1OC. The maximum absolute atomic E-state index is 14.0. The number of ether oxygens (including phenoxy) is 2. The molecule has 1 N–H and O–H groups in total. The van der Waals surface area contributed by atoms with Crippen molar-refractivity contribution in [2.75, 3.05) is 30.8 Å². The number of nitrogens with one attached hydrogen (secondary N) is 1. The molecule has 0 saturated carbocycles. The molecule has 0 heterocycles. The molecule has 0 saturated heterocycles. The Labute approximate surface area is 174 Å². The van der Waals surface area contributed by atoms with Crippen LogP contribution in [0.25, 0.3) is 0 Å². The molecule has 0 aliphatic heterocycles. The maximum atomic E-state index is 14.0. The molecule has 2 rings (SSSR count). The first-order valence-corrected chi connectivity index (χ1v) is 10.6. The van der Waals surface area contributed by atoms with Gasteiger partial charge in [0.15, 0.2) is 11.5 Å². The van der Waals surface area contributed by atoms with Crippen molar-refractivity contribution in [2.24, 2.45) is 5.10 Å². The number of carbonyl (C=O) groups excluding carboxylic acids is 1. The lowest BCUT2D eigenvalue weighted by Gasteiger charge is -2.21. The number of hydrogen-bond acceptors (Lipinski definition) is 6. The zero-order valence-corrected chi connectivity index (χ0v) is 17.4. The Bertz CT molecular complexity index is 1040. The molecule has 160 valence electrons. The van der Waals surface area contributed by atoms with Crippen LogP contribution in [0, 0.1) is 5.82 Å². The second-order valence-corrected chi connectivity index (χ2v) is 7.93. The van der Waals surface area contributed by atoms with Crippen molar-refractivity contribution < 1.29 is 27.1 Å². The van der Waals surface area contributed by atoms with Gasteiger partial charge >= 0.3 is 0 Å². The van der Waals surface area contributed by atoms with Gasteiger partial charge in [0.05, 0.1) is 25.3 Å². The lowest BCUT2D eigenvalue weighted by molar-refractivity contribution is -0.119. The normalized spacial score (nSPS) is 11.2. The van der Waals surface area contributed by atoms with Gasteiger partial charge in [0.25, 0.3) is 5.91 Å². The van der Waals surface area contributed by atoms with E-state index in [1.54, 1.807) is 24.3 Å². The number of benzene rings is 2. The van der Waals surface area contributed by atoms with Crippen LogP contribution in [0.1, 0.15) is 5.56 Å². The van der Waals surface area contributed by atoms with E-state index in [1.807, 2.05) is 0 Å². The van der Waals surface area contributed by atoms with Crippen molar-refractivity contribution in [1.29, 1.82) is 0 Å². The zero-order valence-electron chi connectivity index (χ0n) is 16.5. The Morgan fingerprint density at radius 1 is 1.27 bits per heavy atom. The van der Waals surface area contributed by atoms with E-state index < -0.39 is 28.3 Å². The van der Waals surface area contributed by atoms with Crippen LogP contribution in [0.3, 0.4) is 0 Å². The maximum Gasteiger partial charge on any atom is 0.260 e. The third-order valence-corrected chi connectivity index (χ3v) is 4.88. The molecular formula is C20H22FN3O5S. The third-order valence-electron chi connectivity index (χ3n) is 3.76. The van der Waals surface area contributed by atoms with E-state index in [1.165, 1.54) is 31.5 Å². The van der Waals surface area contributed by atoms with E-state index in [2.05, 4.69) is 17.1 Å². The summed E-state index contributed by atoms with van der Waals surface area (Å²) in [5.41, 5.74) is 2.61. The number of anilines is 1. The molecule has 0 aromatic heterocycles. The largest absolute Gasteiger partial charge is 0.493 e. The van der Waals surface area contributed by atoms with E-state index >= 15 is 0 Å². The minimum Gasteiger partial charge on any atom is -0.493 e. The fourth-order valence-electron chi connectivity index (χ4n) is 2.41. The second-order valence-electron chi connectivity index (χ2n) is 6.02. The Morgan fingerprint density at radius 2 is 2.00 bits per heavy atom. The zero-order chi connectivity index (χ0) is 22.1. The molecule has 30 heavy (non-hydrogen) atoms. The summed E-state index contributed by atoms with van der Waals surface area (Å²) in [5.74, 6) is -0.509. The van der Waals surface area contributed by atoms with Crippen LogP contribution in [-0.4, -0.2) is 47.1 Å². The monoisotopic (exact) mass is 435 g/mol. The minimum atomic E-state index is -3.89. The summed E-state index contributed by atoms with van der Waals surface area (Å²) in [6.45, 7) is 3.26. The van der Waals surface area contributed by atoms with Gasteiger partial charge in [-0.3, -0.25) is 9.10 Å². The topological polar surface area (TPSA) is 97.3 Å². The molecule has 0 aliphatic rings. The highest BCUT2D eigenvalue weighted by atomic mass is 32.2. The summed E-state index contributed by atoms with van der Waals surface area (Å²) >= 11 is 0. The Hall–Kier alpha value is -3.40. The first kappa shape index (κ1) is 22.9. The number of methoxy groups -OCH3 is 1. The molecule has 2 aromatic carbocycles. The number of sulfonamides is 1. The van der Waals surface area contributed by atoms with Crippen molar-refractivity contribution in [3.63, 3.8) is 0 Å². The number of nitrogens with zero attached hydrogens (tertiary/aromatic N) is 2. The van der Waals surface area contributed by atoms with Crippen LogP contribution >= 0.6 is 0 Å². The summed E-state index contributed by atoms with van der Waals surface area (Å²) in [5, 5.41) is 3.81. The lowest BCUT2D eigenvalue weighted by atomic mass is 10.2. The van der Waals surface area contributed by atoms with E-state index in [-0.39, 0.29) is 5.69 Å². The highest BCUT2D eigenvalue weighted by Crippen LogP contribution is 2.27. The standard InChI is InChI=1S/C20H22FN3O5S/c1-4-11-29-18-10-9-15(12-19(18)28-2)13-22-23-20(25)14-24(30(3,26)27)17-8-6-5-7-16(17)21/h4-10,12-13H,1,11,14H2,2-3H3,(H,23,25)/b22-13-. The fraction of sp³-hybridized carbons (Fsp3) is 0.200. The second kappa shape index (κ2) is 10.4. The summed E-state index contributed by atoms with van der Waals surface area (Å²) < 4.78 is 49.3. The number of rotatable bonds is 10. The van der Waals surface area contributed by atoms with Gasteiger partial charge in [-0.25, -0.2) is 18.2 Å². The molecule has 1 amide bonds. The van der Waals surface area contributed by atoms with Crippen molar-refractivity contribution in [1.82, 2.24) is 5.43 Å². The number of carbonyl (C=O) groups is 1. The van der Waals surface area contributed by atoms with Gasteiger partial charge in [0.2, 0.25) is 10.0 Å². The first-order chi connectivity index (χ1) is 14.3. The van der Waals surface area contributed by atoms with Gasteiger partial charge in [-0.15, -0.1) is 0 Å². The Balaban J connectivity index is 2.08. The minimum absolute atomic E-state index is 0.223. The van der Waals surface area contributed by atoms with Gasteiger partial charge in [-0.2, -0.15) is 5.10 Å². The van der Waals surface area contributed by atoms with E-state index in [0.29, 0.717) is 28.0 Å². The van der Waals surface area contributed by atoms with Crippen LogP contribution < -0.4 is 19.2 Å². The summed E-state index contributed by atoms with van der Waals surface area (Å²) in [7, 11) is -2.40. The summed E-state index contributed by atoms with van der Waals surface area (Å²) in [6.07, 6.45) is 3.84. The van der Waals surface area contributed by atoms with Gasteiger partial charge in [0.1, 0.15) is 19.0 Å². The highest BCUT2D eigenvalue weighted by Gasteiger charge is 2.23. The number of halogens is 1. The molecule has 8 nitrogen and oxygen atoms in total. The molecule has 0 fully saturated rings. The highest BCUT2D eigenvalue weighted by molar-refractivity contribution is 7.92. The average Bonchev–Trinajstić information content (AvgIpc) is 2.70. The smallest absolute Gasteiger partial charge is 0.260 e. The van der Waals surface area contributed by atoms with Crippen LogP contribution in [0.2, 0.25) is 0 Å². The average molecular weight is 435 g/mol. The van der Waals surface area contributed by atoms with E-state index in [9.17, 15) is 17.6 Å². The Kier molecular flexibility index (Phi) is 7.93. The van der Waals surface area contributed by atoms with Crippen molar-refractivity contribution >= 4 is 27.8 Å². The van der Waals surface area contributed by atoms with Crippen LogP contribution in [0.15, 0.2) is 60.2 Å². The first-order valence-electron chi connectivity index (χ1n) is 8.72. The third kappa shape index (κ3) is 6.31. The molecular weight excluding hydrogens is 413 g/mol. The molecule has 2 aromatic rings. The van der Waals surface area contributed by atoms with Crippen molar-refractivity contribution in [3.8, 4) is 11.5 Å².